The number of nitrogens with one attached hydrogen (secondary N) is 1. The lowest BCUT2D eigenvalue weighted by Gasteiger charge is -2.34. The molecule has 4 heteroatoms. The maximum absolute atomic E-state index is 12.3. The topological polar surface area (TPSA) is 52.6 Å². The summed E-state index contributed by atoms with van der Waals surface area (Å²) in [5, 5.41) is 13.6. The fourth-order valence-corrected chi connectivity index (χ4v) is 3.16. The van der Waals surface area contributed by atoms with Gasteiger partial charge in [0.05, 0.1) is 6.10 Å². The average Bonchev–Trinajstić information content (AvgIpc) is 2.53. The normalized spacial score (nSPS) is 17.8. The van der Waals surface area contributed by atoms with Crippen molar-refractivity contribution in [3.8, 4) is 0 Å². The first kappa shape index (κ1) is 18.9. The smallest absolute Gasteiger partial charge is 0.223 e. The first-order valence-corrected chi connectivity index (χ1v) is 9.06. The molecule has 24 heavy (non-hydrogen) atoms. The number of hydrogen-bond donors (Lipinski definition) is 2. The second-order valence-corrected chi connectivity index (χ2v) is 8.14. The Labute approximate surface area is 146 Å². The third kappa shape index (κ3) is 6.62. The summed E-state index contributed by atoms with van der Waals surface area (Å²) in [7, 11) is 0. The van der Waals surface area contributed by atoms with Crippen molar-refractivity contribution in [2.24, 2.45) is 5.41 Å². The summed E-state index contributed by atoms with van der Waals surface area (Å²) in [6.45, 7) is 8.56. The zero-order valence-corrected chi connectivity index (χ0v) is 15.3. The summed E-state index contributed by atoms with van der Waals surface area (Å²) >= 11 is 0. The Morgan fingerprint density at radius 1 is 1.25 bits per heavy atom. The van der Waals surface area contributed by atoms with Gasteiger partial charge in [0, 0.05) is 32.1 Å². The van der Waals surface area contributed by atoms with E-state index in [9.17, 15) is 9.90 Å². The number of nitrogens with zero attached hydrogens (tertiary/aromatic N) is 1. The molecule has 0 radical (unpaired) electrons. The highest BCUT2D eigenvalue weighted by Crippen LogP contribution is 2.21. The summed E-state index contributed by atoms with van der Waals surface area (Å²) in [6.07, 6.45) is 2.85. The molecule has 1 fully saturated rings. The number of piperidine rings is 1. The van der Waals surface area contributed by atoms with Gasteiger partial charge in [0.15, 0.2) is 0 Å². The van der Waals surface area contributed by atoms with E-state index >= 15 is 0 Å². The van der Waals surface area contributed by atoms with Gasteiger partial charge in [-0.05, 0) is 30.2 Å². The lowest BCUT2D eigenvalue weighted by Crippen LogP contribution is -2.47. The molecule has 1 aliphatic rings. The van der Waals surface area contributed by atoms with Crippen molar-refractivity contribution in [2.45, 2.75) is 58.6 Å². The Hall–Kier alpha value is -1.39. The predicted molar refractivity (Wildman–Crippen MR) is 97.8 cm³/mol. The molecule has 2 rings (SSSR count). The maximum atomic E-state index is 12.3. The minimum atomic E-state index is -0.368. The Morgan fingerprint density at radius 3 is 2.46 bits per heavy atom. The van der Waals surface area contributed by atoms with Crippen LogP contribution in [0.2, 0.25) is 0 Å². The van der Waals surface area contributed by atoms with Crippen LogP contribution in [0.25, 0.3) is 0 Å². The minimum Gasteiger partial charge on any atom is -0.391 e. The molecular weight excluding hydrogens is 300 g/mol. The first-order chi connectivity index (χ1) is 11.3. The van der Waals surface area contributed by atoms with Gasteiger partial charge < -0.3 is 15.3 Å². The lowest BCUT2D eigenvalue weighted by molar-refractivity contribution is -0.134. The van der Waals surface area contributed by atoms with E-state index in [1.807, 2.05) is 35.2 Å². The molecule has 0 aromatic heterocycles. The van der Waals surface area contributed by atoms with E-state index in [0.717, 1.165) is 31.5 Å². The van der Waals surface area contributed by atoms with Crippen LogP contribution in [-0.2, 0) is 11.2 Å². The monoisotopic (exact) mass is 332 g/mol. The molecule has 2 N–H and O–H groups in total. The molecule has 0 bridgehead atoms. The van der Waals surface area contributed by atoms with Crippen molar-refractivity contribution in [3.05, 3.63) is 35.9 Å². The molecule has 0 saturated carbocycles. The molecular formula is C20H32N2O2. The fourth-order valence-electron chi connectivity index (χ4n) is 3.16. The van der Waals surface area contributed by atoms with Gasteiger partial charge in [-0.2, -0.15) is 0 Å². The van der Waals surface area contributed by atoms with Gasteiger partial charge in [-0.15, -0.1) is 0 Å². The van der Waals surface area contributed by atoms with E-state index in [1.54, 1.807) is 0 Å². The number of hydrogen-bond acceptors (Lipinski definition) is 3. The van der Waals surface area contributed by atoms with Gasteiger partial charge in [-0.25, -0.2) is 0 Å². The summed E-state index contributed by atoms with van der Waals surface area (Å²) in [5.74, 6) is 0.269. The van der Waals surface area contributed by atoms with Crippen molar-refractivity contribution in [1.29, 1.82) is 0 Å². The van der Waals surface area contributed by atoms with Gasteiger partial charge in [-0.1, -0.05) is 51.1 Å². The molecule has 1 aromatic carbocycles. The van der Waals surface area contributed by atoms with E-state index in [4.69, 9.17) is 0 Å². The van der Waals surface area contributed by atoms with Gasteiger partial charge >= 0.3 is 0 Å². The molecule has 0 aliphatic carbocycles. The molecule has 1 aliphatic heterocycles. The first-order valence-electron chi connectivity index (χ1n) is 9.06. The molecule has 134 valence electrons. The molecule has 0 spiro atoms. The highest BCUT2D eigenvalue weighted by Gasteiger charge is 2.25. The second kappa shape index (κ2) is 8.63. The highest BCUT2D eigenvalue weighted by molar-refractivity contribution is 5.76. The molecule has 1 aromatic rings. The van der Waals surface area contributed by atoms with Gasteiger partial charge in [-0.3, -0.25) is 4.79 Å². The molecule has 1 heterocycles. The summed E-state index contributed by atoms with van der Waals surface area (Å²) < 4.78 is 0. The lowest BCUT2D eigenvalue weighted by atomic mass is 9.91. The highest BCUT2D eigenvalue weighted by atomic mass is 16.3. The Morgan fingerprint density at radius 2 is 1.88 bits per heavy atom. The maximum Gasteiger partial charge on any atom is 0.223 e. The van der Waals surface area contributed by atoms with Crippen LogP contribution in [0.1, 0.15) is 45.6 Å². The minimum absolute atomic E-state index is 0.0493. The van der Waals surface area contributed by atoms with Gasteiger partial charge in [0.2, 0.25) is 5.91 Å². The van der Waals surface area contributed by atoms with Crippen LogP contribution in [0.15, 0.2) is 30.3 Å². The average molecular weight is 332 g/mol. The fraction of sp³-hybridized carbons (Fsp3) is 0.650. The second-order valence-electron chi connectivity index (χ2n) is 8.14. The third-order valence-electron chi connectivity index (χ3n) is 4.49. The number of aliphatic hydroxyl groups excluding tert-OH is 1. The number of carbonyl (C=O) groups is 1. The van der Waals surface area contributed by atoms with E-state index in [0.29, 0.717) is 25.4 Å². The Kier molecular flexibility index (Phi) is 6.81. The number of likely N-dealkylation sites (tertiary alicyclic amines) is 1. The Balaban J connectivity index is 1.67. The van der Waals surface area contributed by atoms with Crippen molar-refractivity contribution in [3.63, 3.8) is 0 Å². The van der Waals surface area contributed by atoms with Crippen LogP contribution >= 0.6 is 0 Å². The summed E-state index contributed by atoms with van der Waals surface area (Å²) in [5.41, 5.74) is 1.21. The van der Waals surface area contributed by atoms with E-state index in [1.165, 1.54) is 0 Å². The van der Waals surface area contributed by atoms with Crippen molar-refractivity contribution < 1.29 is 9.90 Å². The Bertz CT molecular complexity index is 502. The van der Waals surface area contributed by atoms with Crippen LogP contribution in [0.3, 0.4) is 0 Å². The van der Waals surface area contributed by atoms with Crippen LogP contribution < -0.4 is 5.32 Å². The van der Waals surface area contributed by atoms with Crippen LogP contribution in [-0.4, -0.2) is 47.7 Å². The molecule has 1 amide bonds. The predicted octanol–water partition coefficient (Wildman–Crippen LogP) is 2.61. The largest absolute Gasteiger partial charge is 0.391 e. The quantitative estimate of drug-likeness (QED) is 0.842. The molecule has 1 unspecified atom stereocenters. The molecule has 1 atom stereocenters. The zero-order valence-electron chi connectivity index (χ0n) is 15.3. The van der Waals surface area contributed by atoms with Crippen LogP contribution in [0.4, 0.5) is 0 Å². The van der Waals surface area contributed by atoms with E-state index < -0.39 is 0 Å². The SMILES string of the molecule is CC(C)(C)CC(=O)N1CCC(NCC(O)Cc2ccccc2)CC1. The molecule has 4 nitrogen and oxygen atoms in total. The van der Waals surface area contributed by atoms with E-state index in [-0.39, 0.29) is 17.4 Å². The summed E-state index contributed by atoms with van der Waals surface area (Å²) in [6, 6.07) is 10.5. The number of aliphatic hydroxyl groups is 1. The number of amides is 1. The van der Waals surface area contributed by atoms with Gasteiger partial charge in [0.1, 0.15) is 0 Å². The van der Waals surface area contributed by atoms with Gasteiger partial charge in [0.25, 0.3) is 0 Å². The zero-order chi connectivity index (χ0) is 17.6. The number of rotatable bonds is 6. The van der Waals surface area contributed by atoms with Crippen LogP contribution in [0.5, 0.6) is 0 Å². The number of carbonyl (C=O) groups excluding carboxylic acids is 1. The van der Waals surface area contributed by atoms with Crippen LogP contribution in [0, 0.1) is 5.41 Å². The van der Waals surface area contributed by atoms with Crippen molar-refractivity contribution in [1.82, 2.24) is 10.2 Å². The molecule has 1 saturated heterocycles. The van der Waals surface area contributed by atoms with Crippen molar-refractivity contribution >= 4 is 5.91 Å². The standard InChI is InChI=1S/C20H32N2O2/c1-20(2,3)14-19(24)22-11-9-17(10-12-22)21-15-18(23)13-16-7-5-4-6-8-16/h4-8,17-18,21,23H,9-15H2,1-3H3. The van der Waals surface area contributed by atoms with Crippen molar-refractivity contribution in [2.75, 3.05) is 19.6 Å². The summed E-state index contributed by atoms with van der Waals surface area (Å²) in [4.78, 5) is 14.2. The third-order valence-corrected chi connectivity index (χ3v) is 4.49. The van der Waals surface area contributed by atoms with E-state index in [2.05, 4.69) is 26.1 Å². The number of benzene rings is 1.